The van der Waals surface area contributed by atoms with E-state index < -0.39 is 0 Å². The Bertz CT molecular complexity index is 533. The molecule has 0 radical (unpaired) electrons. The van der Waals surface area contributed by atoms with Crippen molar-refractivity contribution in [2.24, 2.45) is 0 Å². The van der Waals surface area contributed by atoms with Crippen LogP contribution in [-0.2, 0) is 9.59 Å². The lowest BCUT2D eigenvalue weighted by Gasteiger charge is -2.33. The number of carbonyl (C=O) groups excluding carboxylic acids is 2. The second-order valence-corrected chi connectivity index (χ2v) is 8.61. The van der Waals surface area contributed by atoms with Crippen LogP contribution in [0.5, 0.6) is 0 Å². The van der Waals surface area contributed by atoms with Crippen LogP contribution < -0.4 is 10.9 Å². The molecule has 0 spiro atoms. The van der Waals surface area contributed by atoms with E-state index in [9.17, 15) is 9.59 Å². The third kappa shape index (κ3) is 6.19. The van der Waals surface area contributed by atoms with Crippen molar-refractivity contribution < 1.29 is 9.59 Å². The first kappa shape index (κ1) is 20.0. The van der Waals surface area contributed by atoms with Gasteiger partial charge >= 0.3 is 0 Å². The normalized spacial score (nSPS) is 21.9. The topological polar surface area (TPSA) is 64.7 Å². The van der Waals surface area contributed by atoms with E-state index in [4.69, 9.17) is 0 Å². The summed E-state index contributed by atoms with van der Waals surface area (Å²) in [6.45, 7) is 0. The predicted molar refractivity (Wildman–Crippen MR) is 117 cm³/mol. The number of hydrazine groups is 2. The summed E-state index contributed by atoms with van der Waals surface area (Å²) in [6, 6.07) is 0. The lowest BCUT2D eigenvalue weighted by atomic mass is 10.4. The van der Waals surface area contributed by atoms with Gasteiger partial charge in [-0.15, -0.1) is 0 Å². The van der Waals surface area contributed by atoms with E-state index in [-0.39, 0.29) is 22.6 Å². The van der Waals surface area contributed by atoms with Crippen LogP contribution in [0.15, 0.2) is 48.9 Å². The molecular weight excluding hydrogens is 574 g/mol. The Morgan fingerprint density at radius 2 is 1.25 bits per heavy atom. The number of allylic oxidation sites excluding steroid dienone is 4. The zero-order valence-corrected chi connectivity index (χ0v) is 18.4. The molecule has 0 aromatic carbocycles. The van der Waals surface area contributed by atoms with Crippen LogP contribution in [0.1, 0.15) is 0 Å². The van der Waals surface area contributed by atoms with Crippen LogP contribution in [-0.4, -0.2) is 41.4 Å². The Kier molecular flexibility index (Phi) is 8.83. The van der Waals surface area contributed by atoms with Gasteiger partial charge in [0.2, 0.25) is 11.8 Å². The van der Waals surface area contributed by atoms with E-state index in [1.165, 1.54) is 0 Å². The van der Waals surface area contributed by atoms with Gasteiger partial charge in [0.05, 0.1) is 8.86 Å². The standard InChI is InChI=1S/C14H16I2N4O2S2/c15-9-11(21)17-19-7-3-1-5-13(19)23-24-14-6-2-4-8-20(14)18-12(22)10-16/h1-8,13-14H,9-10H2,(H,17,21)(H,18,22). The van der Waals surface area contributed by atoms with Crippen molar-refractivity contribution in [3.05, 3.63) is 48.9 Å². The summed E-state index contributed by atoms with van der Waals surface area (Å²) in [5, 5.41) is 3.53. The van der Waals surface area contributed by atoms with Gasteiger partial charge < -0.3 is 0 Å². The molecule has 2 aliphatic heterocycles. The molecule has 2 heterocycles. The number of hydrogen-bond donors (Lipinski definition) is 2. The van der Waals surface area contributed by atoms with E-state index in [1.54, 1.807) is 31.6 Å². The molecule has 0 aliphatic carbocycles. The van der Waals surface area contributed by atoms with Crippen LogP contribution in [0, 0.1) is 0 Å². The van der Waals surface area contributed by atoms with Crippen molar-refractivity contribution in [1.29, 1.82) is 0 Å². The maximum absolute atomic E-state index is 11.6. The van der Waals surface area contributed by atoms with Crippen LogP contribution >= 0.6 is 66.8 Å². The summed E-state index contributed by atoms with van der Waals surface area (Å²) >= 11 is 4.07. The summed E-state index contributed by atoms with van der Waals surface area (Å²) in [7, 11) is 3.22. The number of halogens is 2. The van der Waals surface area contributed by atoms with E-state index >= 15 is 0 Å². The SMILES string of the molecule is O=C(CI)NN1C=CC=CC1SSC1C=CC=CN1NC(=O)CI. The molecule has 130 valence electrons. The molecule has 0 aromatic heterocycles. The first-order valence-corrected chi connectivity index (χ1v) is 12.3. The molecule has 0 saturated carbocycles. The first-order valence-electron chi connectivity index (χ1n) is 6.93. The largest absolute Gasteiger partial charge is 0.275 e. The van der Waals surface area contributed by atoms with Crippen LogP contribution in [0.2, 0.25) is 0 Å². The Morgan fingerprint density at radius 3 is 1.62 bits per heavy atom. The molecule has 2 rings (SSSR count). The predicted octanol–water partition coefficient (Wildman–Crippen LogP) is 2.72. The number of hydrogen-bond acceptors (Lipinski definition) is 6. The highest BCUT2D eigenvalue weighted by Gasteiger charge is 2.22. The zero-order chi connectivity index (χ0) is 17.4. The van der Waals surface area contributed by atoms with Crippen LogP contribution in [0.25, 0.3) is 0 Å². The zero-order valence-electron chi connectivity index (χ0n) is 12.5. The highest BCUT2D eigenvalue weighted by atomic mass is 127. The first-order chi connectivity index (χ1) is 11.6. The van der Waals surface area contributed by atoms with Crippen LogP contribution in [0.4, 0.5) is 0 Å². The fourth-order valence-electron chi connectivity index (χ4n) is 1.78. The van der Waals surface area contributed by atoms with Crippen molar-refractivity contribution in [3.63, 3.8) is 0 Å². The Morgan fingerprint density at radius 1 is 0.833 bits per heavy atom. The second-order valence-electron chi connectivity index (χ2n) is 4.58. The molecule has 0 aromatic rings. The van der Waals surface area contributed by atoms with Crippen molar-refractivity contribution in [3.8, 4) is 0 Å². The Hall–Kier alpha value is -0.340. The number of rotatable bonds is 7. The van der Waals surface area contributed by atoms with E-state index in [1.807, 2.05) is 94.0 Å². The summed E-state index contributed by atoms with van der Waals surface area (Å²) < 4.78 is 0.811. The molecule has 0 fully saturated rings. The third-order valence-electron chi connectivity index (χ3n) is 2.82. The highest BCUT2D eigenvalue weighted by Crippen LogP contribution is 2.36. The average Bonchev–Trinajstić information content (AvgIpc) is 2.61. The average molecular weight is 590 g/mol. The second kappa shape index (κ2) is 10.6. The summed E-state index contributed by atoms with van der Waals surface area (Å²) in [4.78, 5) is 23.3. The minimum absolute atomic E-state index is 0.0201. The van der Waals surface area contributed by atoms with E-state index in [0.29, 0.717) is 8.86 Å². The molecule has 0 bridgehead atoms. The molecule has 2 unspecified atom stereocenters. The molecule has 10 heteroatoms. The number of nitrogens with one attached hydrogen (secondary N) is 2. The van der Waals surface area contributed by atoms with Gasteiger partial charge in [0, 0.05) is 12.4 Å². The van der Waals surface area contributed by atoms with Crippen molar-refractivity contribution in [2.75, 3.05) is 8.86 Å². The van der Waals surface area contributed by atoms with E-state index in [0.717, 1.165) is 0 Å². The van der Waals surface area contributed by atoms with Gasteiger partial charge in [-0.2, -0.15) is 0 Å². The van der Waals surface area contributed by atoms with Gasteiger partial charge in [-0.3, -0.25) is 30.5 Å². The van der Waals surface area contributed by atoms with Gasteiger partial charge in [0.1, 0.15) is 10.7 Å². The third-order valence-corrected chi connectivity index (χ3v) is 6.99. The molecular formula is C14H16I2N4O2S2. The fraction of sp³-hybridized carbons (Fsp3) is 0.286. The number of nitrogens with zero attached hydrogens (tertiary/aromatic N) is 2. The van der Waals surface area contributed by atoms with Gasteiger partial charge in [-0.25, -0.2) is 0 Å². The lowest BCUT2D eigenvalue weighted by Crippen LogP contribution is -2.45. The van der Waals surface area contributed by atoms with Crippen molar-refractivity contribution in [1.82, 2.24) is 20.9 Å². The smallest absolute Gasteiger partial charge is 0.248 e. The maximum atomic E-state index is 11.6. The van der Waals surface area contributed by atoms with E-state index in [2.05, 4.69) is 10.9 Å². The minimum Gasteiger partial charge on any atom is -0.275 e. The van der Waals surface area contributed by atoms with Crippen molar-refractivity contribution in [2.45, 2.75) is 10.7 Å². The monoisotopic (exact) mass is 590 g/mol. The van der Waals surface area contributed by atoms with Crippen molar-refractivity contribution >= 4 is 78.6 Å². The quantitative estimate of drug-likeness (QED) is 0.271. The molecule has 2 aliphatic rings. The maximum Gasteiger partial charge on any atom is 0.248 e. The molecule has 6 nitrogen and oxygen atoms in total. The minimum atomic E-state index is -0.0393. The molecule has 24 heavy (non-hydrogen) atoms. The van der Waals surface area contributed by atoms with Gasteiger partial charge in [-0.05, 0) is 24.3 Å². The van der Waals surface area contributed by atoms with Gasteiger partial charge in [0.25, 0.3) is 0 Å². The molecule has 2 N–H and O–H groups in total. The lowest BCUT2D eigenvalue weighted by molar-refractivity contribution is -0.122. The van der Waals surface area contributed by atoms with Gasteiger partial charge in [-0.1, -0.05) is 78.9 Å². The molecule has 2 atom stereocenters. The highest BCUT2D eigenvalue weighted by molar-refractivity contribution is 14.1. The molecule has 2 amide bonds. The summed E-state index contributed by atoms with van der Waals surface area (Å²) in [6.07, 6.45) is 15.4. The fourth-order valence-corrected chi connectivity index (χ4v) is 4.71. The Labute approximate surface area is 176 Å². The molecule has 0 saturated heterocycles. The summed E-state index contributed by atoms with van der Waals surface area (Å²) in [5.41, 5.74) is 5.71. The number of alkyl halides is 2. The van der Waals surface area contributed by atoms with Crippen LogP contribution in [0.3, 0.4) is 0 Å². The summed E-state index contributed by atoms with van der Waals surface area (Å²) in [5.74, 6) is -0.0786. The number of carbonyl (C=O) groups is 2. The van der Waals surface area contributed by atoms with Gasteiger partial charge in [0.15, 0.2) is 0 Å². The number of amides is 2. The Balaban J connectivity index is 1.92.